The van der Waals surface area contributed by atoms with Gasteiger partial charge in [0.25, 0.3) is 0 Å². The van der Waals surface area contributed by atoms with Gasteiger partial charge < -0.3 is 14.8 Å². The fraction of sp³-hybridized carbons (Fsp3) is 0.409. The van der Waals surface area contributed by atoms with Crippen molar-refractivity contribution in [3.63, 3.8) is 0 Å². The Morgan fingerprint density at radius 3 is 2.54 bits per heavy atom. The Labute approximate surface area is 155 Å². The third-order valence-corrected chi connectivity index (χ3v) is 5.22. The molecule has 0 spiro atoms. The zero-order chi connectivity index (χ0) is 18.4. The van der Waals surface area contributed by atoms with E-state index in [-0.39, 0.29) is 11.3 Å². The van der Waals surface area contributed by atoms with Crippen molar-refractivity contribution in [2.45, 2.75) is 31.6 Å². The maximum Gasteiger partial charge on any atom is 0.224 e. The van der Waals surface area contributed by atoms with Gasteiger partial charge in [0.15, 0.2) is 0 Å². The highest BCUT2D eigenvalue weighted by Gasteiger charge is 2.34. The lowest BCUT2D eigenvalue weighted by Gasteiger charge is -2.38. The van der Waals surface area contributed by atoms with Crippen molar-refractivity contribution in [3.8, 4) is 5.75 Å². The number of aryl methyl sites for hydroxylation is 1. The molecule has 4 nitrogen and oxygen atoms in total. The second-order valence-corrected chi connectivity index (χ2v) is 7.06. The van der Waals surface area contributed by atoms with Crippen molar-refractivity contribution in [2.75, 3.05) is 26.9 Å². The molecule has 2 aromatic rings. The lowest BCUT2D eigenvalue weighted by atomic mass is 9.74. The second kappa shape index (κ2) is 8.37. The van der Waals surface area contributed by atoms with E-state index in [1.165, 1.54) is 11.1 Å². The fourth-order valence-electron chi connectivity index (χ4n) is 3.61. The van der Waals surface area contributed by atoms with Crippen LogP contribution in [0.2, 0.25) is 0 Å². The van der Waals surface area contributed by atoms with Crippen molar-refractivity contribution >= 4 is 5.91 Å². The Balaban J connectivity index is 1.69. The Morgan fingerprint density at radius 2 is 1.88 bits per heavy atom. The molecule has 1 amide bonds. The van der Waals surface area contributed by atoms with Gasteiger partial charge in [-0.2, -0.15) is 0 Å². The number of carbonyl (C=O) groups is 1. The van der Waals surface area contributed by atoms with Crippen molar-refractivity contribution in [1.82, 2.24) is 5.32 Å². The Kier molecular flexibility index (Phi) is 5.94. The number of hydrogen-bond donors (Lipinski definition) is 1. The van der Waals surface area contributed by atoms with Gasteiger partial charge in [-0.15, -0.1) is 0 Å². The van der Waals surface area contributed by atoms with Gasteiger partial charge in [-0.1, -0.05) is 42.0 Å². The van der Waals surface area contributed by atoms with Crippen LogP contribution in [0.25, 0.3) is 0 Å². The minimum Gasteiger partial charge on any atom is -0.497 e. The molecule has 138 valence electrons. The number of benzene rings is 2. The Hall–Kier alpha value is -2.33. The molecule has 0 radical (unpaired) electrons. The van der Waals surface area contributed by atoms with Crippen LogP contribution in [0.4, 0.5) is 0 Å². The molecule has 2 aromatic carbocycles. The predicted molar refractivity (Wildman–Crippen MR) is 103 cm³/mol. The van der Waals surface area contributed by atoms with E-state index in [1.54, 1.807) is 7.11 Å². The van der Waals surface area contributed by atoms with E-state index in [0.29, 0.717) is 13.0 Å². The lowest BCUT2D eigenvalue weighted by Crippen LogP contribution is -2.45. The van der Waals surface area contributed by atoms with E-state index in [1.807, 2.05) is 37.3 Å². The molecule has 1 aliphatic heterocycles. The van der Waals surface area contributed by atoms with Gasteiger partial charge in [-0.3, -0.25) is 4.79 Å². The van der Waals surface area contributed by atoms with Crippen LogP contribution >= 0.6 is 0 Å². The van der Waals surface area contributed by atoms with Crippen LogP contribution in [-0.4, -0.2) is 32.8 Å². The molecule has 0 saturated carbocycles. The zero-order valence-corrected chi connectivity index (χ0v) is 15.6. The Morgan fingerprint density at radius 1 is 1.15 bits per heavy atom. The van der Waals surface area contributed by atoms with Crippen molar-refractivity contribution in [2.24, 2.45) is 0 Å². The number of rotatable bonds is 6. The minimum atomic E-state index is -0.0766. The third kappa shape index (κ3) is 4.44. The summed E-state index contributed by atoms with van der Waals surface area (Å²) in [5.74, 6) is 0.912. The van der Waals surface area contributed by atoms with E-state index >= 15 is 0 Å². The smallest absolute Gasteiger partial charge is 0.224 e. The molecule has 1 aliphatic rings. The van der Waals surface area contributed by atoms with Crippen LogP contribution in [0.5, 0.6) is 5.75 Å². The minimum absolute atomic E-state index is 0.0648. The third-order valence-electron chi connectivity index (χ3n) is 5.22. The quantitative estimate of drug-likeness (QED) is 0.866. The lowest BCUT2D eigenvalue weighted by molar-refractivity contribution is -0.120. The van der Waals surface area contributed by atoms with Crippen LogP contribution in [0.1, 0.15) is 29.5 Å². The van der Waals surface area contributed by atoms with Crippen LogP contribution in [0.15, 0.2) is 48.5 Å². The van der Waals surface area contributed by atoms with Gasteiger partial charge in [0.05, 0.1) is 13.5 Å². The first-order valence-electron chi connectivity index (χ1n) is 9.16. The Bertz CT molecular complexity index is 733. The van der Waals surface area contributed by atoms with E-state index in [4.69, 9.17) is 9.47 Å². The number of amides is 1. The monoisotopic (exact) mass is 353 g/mol. The fourth-order valence-corrected chi connectivity index (χ4v) is 3.61. The first-order chi connectivity index (χ1) is 12.6. The normalized spacial score (nSPS) is 16.1. The number of methoxy groups -OCH3 is 1. The average Bonchev–Trinajstić information content (AvgIpc) is 2.67. The molecule has 0 unspecified atom stereocenters. The molecule has 3 rings (SSSR count). The van der Waals surface area contributed by atoms with E-state index < -0.39 is 0 Å². The first-order valence-corrected chi connectivity index (χ1v) is 9.16. The molecule has 4 heteroatoms. The molecule has 26 heavy (non-hydrogen) atoms. The van der Waals surface area contributed by atoms with Crippen LogP contribution in [-0.2, 0) is 21.4 Å². The summed E-state index contributed by atoms with van der Waals surface area (Å²) in [7, 11) is 1.67. The molecule has 1 fully saturated rings. The van der Waals surface area contributed by atoms with Crippen molar-refractivity contribution < 1.29 is 14.3 Å². The summed E-state index contributed by atoms with van der Waals surface area (Å²) in [6, 6.07) is 16.3. The summed E-state index contributed by atoms with van der Waals surface area (Å²) in [6.45, 7) is 4.12. The van der Waals surface area contributed by atoms with Gasteiger partial charge in [0.1, 0.15) is 5.75 Å². The van der Waals surface area contributed by atoms with E-state index in [2.05, 4.69) is 23.5 Å². The summed E-state index contributed by atoms with van der Waals surface area (Å²) in [5, 5.41) is 3.16. The molecule has 1 heterocycles. The second-order valence-electron chi connectivity index (χ2n) is 7.06. The number of nitrogens with one attached hydrogen (secondary N) is 1. The molecule has 0 atom stereocenters. The molecular formula is C22H27NO3. The highest BCUT2D eigenvalue weighted by molar-refractivity contribution is 5.78. The standard InChI is InChI=1S/C22H27NO3/c1-17-4-3-5-18(14-17)15-21(24)23-16-22(10-12-26-13-11-22)19-6-8-20(25-2)9-7-19/h3-9,14H,10-13,15-16H2,1-2H3,(H,23,24). The number of carbonyl (C=O) groups excluding carboxylic acids is 1. The van der Waals surface area contributed by atoms with E-state index in [0.717, 1.165) is 37.4 Å². The topological polar surface area (TPSA) is 47.6 Å². The predicted octanol–water partition coefficient (Wildman–Crippen LogP) is 3.41. The summed E-state index contributed by atoms with van der Waals surface area (Å²) in [6.07, 6.45) is 2.23. The van der Waals surface area contributed by atoms with Gasteiger partial charge in [0, 0.05) is 25.2 Å². The van der Waals surface area contributed by atoms with Gasteiger partial charge in [-0.05, 0) is 43.0 Å². The van der Waals surface area contributed by atoms with Crippen molar-refractivity contribution in [3.05, 3.63) is 65.2 Å². The largest absolute Gasteiger partial charge is 0.497 e. The maximum atomic E-state index is 12.5. The highest BCUT2D eigenvalue weighted by Crippen LogP contribution is 2.35. The number of hydrogen-bond acceptors (Lipinski definition) is 3. The summed E-state index contributed by atoms with van der Waals surface area (Å²) in [5.41, 5.74) is 3.38. The van der Waals surface area contributed by atoms with Crippen LogP contribution in [0.3, 0.4) is 0 Å². The van der Waals surface area contributed by atoms with Gasteiger partial charge >= 0.3 is 0 Å². The van der Waals surface area contributed by atoms with Crippen LogP contribution in [0, 0.1) is 6.92 Å². The summed E-state index contributed by atoms with van der Waals surface area (Å²) < 4.78 is 10.8. The highest BCUT2D eigenvalue weighted by atomic mass is 16.5. The van der Waals surface area contributed by atoms with Gasteiger partial charge in [-0.25, -0.2) is 0 Å². The number of ether oxygens (including phenoxy) is 2. The molecule has 0 aliphatic carbocycles. The van der Waals surface area contributed by atoms with Crippen molar-refractivity contribution in [1.29, 1.82) is 0 Å². The molecular weight excluding hydrogens is 326 g/mol. The van der Waals surface area contributed by atoms with E-state index in [9.17, 15) is 4.79 Å². The zero-order valence-electron chi connectivity index (χ0n) is 15.6. The molecule has 0 bridgehead atoms. The summed E-state index contributed by atoms with van der Waals surface area (Å²) in [4.78, 5) is 12.5. The summed E-state index contributed by atoms with van der Waals surface area (Å²) >= 11 is 0. The maximum absolute atomic E-state index is 12.5. The first kappa shape index (κ1) is 18.5. The SMILES string of the molecule is COc1ccc(C2(CNC(=O)Cc3cccc(C)c3)CCOCC2)cc1. The average molecular weight is 353 g/mol. The molecule has 0 aromatic heterocycles. The molecule has 1 N–H and O–H groups in total. The van der Waals surface area contributed by atoms with Gasteiger partial charge in [0.2, 0.25) is 5.91 Å². The van der Waals surface area contributed by atoms with Crippen LogP contribution < -0.4 is 10.1 Å². The molecule has 1 saturated heterocycles.